The predicted molar refractivity (Wildman–Crippen MR) is 85.5 cm³/mol. The van der Waals surface area contributed by atoms with Crippen LogP contribution in [0.5, 0.6) is 0 Å². The molecular formula is C20H18. The zero-order chi connectivity index (χ0) is 13.4. The number of hydrogen-bond acceptors (Lipinski definition) is 0. The first-order valence-electron chi connectivity index (χ1n) is 7.43. The van der Waals surface area contributed by atoms with Crippen molar-refractivity contribution in [3.05, 3.63) is 81.9 Å². The molecule has 0 saturated carbocycles. The van der Waals surface area contributed by atoms with Gasteiger partial charge in [0.15, 0.2) is 0 Å². The Bertz CT molecular complexity index is 653. The number of allylic oxidation sites excluding steroid dienone is 2. The van der Waals surface area contributed by atoms with Gasteiger partial charge in [-0.15, -0.1) is 0 Å². The summed E-state index contributed by atoms with van der Waals surface area (Å²) in [5, 5.41) is 0. The van der Waals surface area contributed by atoms with Gasteiger partial charge in [-0.1, -0.05) is 71.8 Å². The van der Waals surface area contributed by atoms with Gasteiger partial charge >= 0.3 is 0 Å². The lowest BCUT2D eigenvalue weighted by molar-refractivity contribution is 0.887. The van der Waals surface area contributed by atoms with E-state index in [2.05, 4.69) is 60.7 Å². The predicted octanol–water partition coefficient (Wildman–Crippen LogP) is 5.05. The summed E-state index contributed by atoms with van der Waals surface area (Å²) in [6, 6.07) is 17.5. The third-order valence-electron chi connectivity index (χ3n) is 4.43. The van der Waals surface area contributed by atoms with Crippen LogP contribution in [-0.4, -0.2) is 0 Å². The molecule has 2 aliphatic rings. The highest BCUT2D eigenvalue weighted by Gasteiger charge is 2.15. The summed E-state index contributed by atoms with van der Waals surface area (Å²) in [5.74, 6) is 0. The fraction of sp³-hybridized carbons (Fsp3) is 0.200. The van der Waals surface area contributed by atoms with Crippen LogP contribution in [0.25, 0.3) is 12.2 Å². The van der Waals surface area contributed by atoms with E-state index in [9.17, 15) is 0 Å². The lowest BCUT2D eigenvalue weighted by atomic mass is 10.0. The Morgan fingerprint density at radius 2 is 1.05 bits per heavy atom. The molecule has 0 unspecified atom stereocenters. The molecule has 0 aromatic heterocycles. The Hall–Kier alpha value is -2.08. The molecule has 0 nitrogen and oxygen atoms in total. The first-order valence-corrected chi connectivity index (χ1v) is 7.43. The molecule has 0 bridgehead atoms. The van der Waals surface area contributed by atoms with Gasteiger partial charge in [-0.2, -0.15) is 0 Å². The standard InChI is InChI=1S/C20H18/c1-2-6-18-12-15(11-17(18)5-1)9-10-16-13-19-7-3-4-8-20(19)14-16/h1-8,11,13H,9-10,12,14H2. The maximum absolute atomic E-state index is 2.39. The first-order chi connectivity index (χ1) is 9.88. The average molecular weight is 258 g/mol. The fourth-order valence-electron chi connectivity index (χ4n) is 3.35. The maximum atomic E-state index is 2.39. The Morgan fingerprint density at radius 3 is 1.50 bits per heavy atom. The molecule has 0 N–H and O–H groups in total. The molecule has 0 radical (unpaired) electrons. The third-order valence-corrected chi connectivity index (χ3v) is 4.43. The molecular weight excluding hydrogens is 240 g/mol. The van der Waals surface area contributed by atoms with E-state index in [0.717, 1.165) is 12.8 Å². The summed E-state index contributed by atoms with van der Waals surface area (Å²) in [6.45, 7) is 0. The molecule has 0 aliphatic heterocycles. The fourth-order valence-corrected chi connectivity index (χ4v) is 3.35. The van der Waals surface area contributed by atoms with Crippen LogP contribution in [0.2, 0.25) is 0 Å². The van der Waals surface area contributed by atoms with E-state index < -0.39 is 0 Å². The van der Waals surface area contributed by atoms with Gasteiger partial charge in [-0.05, 0) is 47.9 Å². The quantitative estimate of drug-likeness (QED) is 0.723. The van der Waals surface area contributed by atoms with Crippen LogP contribution in [-0.2, 0) is 12.8 Å². The number of hydrogen-bond donors (Lipinski definition) is 0. The Balaban J connectivity index is 1.42. The second-order valence-corrected chi connectivity index (χ2v) is 5.86. The summed E-state index contributed by atoms with van der Waals surface area (Å²) in [6.07, 6.45) is 9.48. The van der Waals surface area contributed by atoms with Crippen LogP contribution in [0.1, 0.15) is 35.1 Å². The molecule has 2 aliphatic carbocycles. The lowest BCUT2D eigenvalue weighted by Crippen LogP contribution is -1.89. The van der Waals surface area contributed by atoms with Gasteiger partial charge in [0.2, 0.25) is 0 Å². The highest BCUT2D eigenvalue weighted by Crippen LogP contribution is 2.32. The minimum absolute atomic E-state index is 1.15. The highest BCUT2D eigenvalue weighted by molar-refractivity contribution is 5.65. The maximum Gasteiger partial charge on any atom is -0.00577 e. The van der Waals surface area contributed by atoms with Crippen LogP contribution >= 0.6 is 0 Å². The highest BCUT2D eigenvalue weighted by atomic mass is 14.2. The minimum Gasteiger partial charge on any atom is -0.0649 e. The van der Waals surface area contributed by atoms with Gasteiger partial charge in [-0.25, -0.2) is 0 Å². The molecule has 0 fully saturated rings. The minimum atomic E-state index is 1.15. The van der Waals surface area contributed by atoms with Crippen molar-refractivity contribution >= 4 is 12.2 Å². The van der Waals surface area contributed by atoms with E-state index >= 15 is 0 Å². The van der Waals surface area contributed by atoms with Crippen molar-refractivity contribution in [3.63, 3.8) is 0 Å². The first kappa shape index (κ1) is 11.7. The van der Waals surface area contributed by atoms with Crippen molar-refractivity contribution in [2.24, 2.45) is 0 Å². The Morgan fingerprint density at radius 1 is 0.600 bits per heavy atom. The van der Waals surface area contributed by atoms with Crippen LogP contribution in [0, 0.1) is 0 Å². The van der Waals surface area contributed by atoms with Gasteiger partial charge in [0, 0.05) is 0 Å². The van der Waals surface area contributed by atoms with E-state index in [4.69, 9.17) is 0 Å². The largest absolute Gasteiger partial charge is 0.0649 e. The zero-order valence-corrected chi connectivity index (χ0v) is 11.6. The molecule has 0 atom stereocenters. The lowest BCUT2D eigenvalue weighted by Gasteiger charge is -2.03. The van der Waals surface area contributed by atoms with Crippen LogP contribution < -0.4 is 0 Å². The molecule has 0 spiro atoms. The van der Waals surface area contributed by atoms with Crippen LogP contribution in [0.3, 0.4) is 0 Å². The topological polar surface area (TPSA) is 0 Å². The Kier molecular flexibility index (Phi) is 2.81. The SMILES string of the molecule is C1=C(CCC2=Cc3ccccc3C2)Cc2ccccc21. The number of benzene rings is 2. The zero-order valence-electron chi connectivity index (χ0n) is 11.6. The molecule has 2 aromatic rings. The summed E-state index contributed by atoms with van der Waals surface area (Å²) in [4.78, 5) is 0. The van der Waals surface area contributed by atoms with E-state index in [-0.39, 0.29) is 0 Å². The van der Waals surface area contributed by atoms with Gasteiger partial charge in [-0.3, -0.25) is 0 Å². The van der Waals surface area contributed by atoms with Crippen molar-refractivity contribution in [2.75, 3.05) is 0 Å². The van der Waals surface area contributed by atoms with Gasteiger partial charge in [0.25, 0.3) is 0 Å². The summed E-state index contributed by atoms with van der Waals surface area (Å²) < 4.78 is 0. The van der Waals surface area contributed by atoms with Crippen molar-refractivity contribution in [1.29, 1.82) is 0 Å². The van der Waals surface area contributed by atoms with E-state index in [1.807, 2.05) is 0 Å². The summed E-state index contributed by atoms with van der Waals surface area (Å²) >= 11 is 0. The monoisotopic (exact) mass is 258 g/mol. The molecule has 4 rings (SSSR count). The van der Waals surface area contributed by atoms with E-state index in [0.29, 0.717) is 0 Å². The van der Waals surface area contributed by atoms with Crippen molar-refractivity contribution in [1.82, 2.24) is 0 Å². The smallest absolute Gasteiger partial charge is 0.00577 e. The van der Waals surface area contributed by atoms with Gasteiger partial charge in [0.05, 0.1) is 0 Å². The normalized spacial score (nSPS) is 15.6. The molecule has 0 heteroatoms. The van der Waals surface area contributed by atoms with E-state index in [1.165, 1.54) is 35.1 Å². The molecule has 0 amide bonds. The third kappa shape index (κ3) is 2.12. The van der Waals surface area contributed by atoms with Crippen LogP contribution in [0.4, 0.5) is 0 Å². The van der Waals surface area contributed by atoms with Gasteiger partial charge < -0.3 is 0 Å². The molecule has 20 heavy (non-hydrogen) atoms. The molecule has 98 valence electrons. The number of fused-ring (bicyclic) bond motifs is 2. The van der Waals surface area contributed by atoms with Crippen molar-refractivity contribution < 1.29 is 0 Å². The second kappa shape index (κ2) is 4.79. The summed E-state index contributed by atoms with van der Waals surface area (Å²) in [7, 11) is 0. The molecule has 2 aromatic carbocycles. The van der Waals surface area contributed by atoms with Crippen molar-refractivity contribution in [3.8, 4) is 0 Å². The molecule has 0 saturated heterocycles. The number of rotatable bonds is 3. The average Bonchev–Trinajstić information content (AvgIpc) is 3.07. The van der Waals surface area contributed by atoms with Gasteiger partial charge in [0.1, 0.15) is 0 Å². The van der Waals surface area contributed by atoms with E-state index in [1.54, 1.807) is 11.1 Å². The molecule has 0 heterocycles. The second-order valence-electron chi connectivity index (χ2n) is 5.86. The Labute approximate surface area is 120 Å². The van der Waals surface area contributed by atoms with Crippen LogP contribution in [0.15, 0.2) is 59.7 Å². The van der Waals surface area contributed by atoms with Crippen molar-refractivity contribution in [2.45, 2.75) is 25.7 Å². The summed E-state index contributed by atoms with van der Waals surface area (Å²) in [5.41, 5.74) is 9.00.